The number of esters is 1. The number of ether oxygens (including phenoxy) is 2. The number of hydrogen-bond acceptors (Lipinski definition) is 5. The van der Waals surface area contributed by atoms with Crippen molar-refractivity contribution in [1.29, 1.82) is 0 Å². The molecule has 0 aromatic carbocycles. The monoisotopic (exact) mass is 252 g/mol. The van der Waals surface area contributed by atoms with Crippen LogP contribution in [0.15, 0.2) is 18.3 Å². The molecule has 1 aromatic heterocycles. The maximum Gasteiger partial charge on any atom is 0.344 e. The third-order valence-corrected chi connectivity index (χ3v) is 2.19. The molecular weight excluding hydrogens is 232 g/mol. The van der Waals surface area contributed by atoms with Crippen molar-refractivity contribution in [1.82, 2.24) is 10.3 Å². The van der Waals surface area contributed by atoms with Gasteiger partial charge >= 0.3 is 5.97 Å². The van der Waals surface area contributed by atoms with Crippen LogP contribution in [0.4, 0.5) is 0 Å². The van der Waals surface area contributed by atoms with E-state index in [9.17, 15) is 4.79 Å². The molecule has 0 unspecified atom stereocenters. The molecule has 0 aliphatic rings. The van der Waals surface area contributed by atoms with E-state index in [1.54, 1.807) is 19.2 Å². The van der Waals surface area contributed by atoms with Crippen molar-refractivity contribution in [3.8, 4) is 5.75 Å². The lowest BCUT2D eigenvalue weighted by Gasteiger charge is -2.06. The van der Waals surface area contributed by atoms with E-state index in [2.05, 4.69) is 17.2 Å². The fraction of sp³-hybridized carbons (Fsp3) is 0.538. The third-order valence-electron chi connectivity index (χ3n) is 2.19. The topological polar surface area (TPSA) is 60.5 Å². The molecule has 100 valence electrons. The second-order valence-electron chi connectivity index (χ2n) is 3.76. The maximum atomic E-state index is 11.1. The van der Waals surface area contributed by atoms with Gasteiger partial charge in [-0.2, -0.15) is 0 Å². The van der Waals surface area contributed by atoms with E-state index < -0.39 is 0 Å². The normalized spacial score (nSPS) is 10.1. The summed E-state index contributed by atoms with van der Waals surface area (Å²) in [6, 6.07) is 3.68. The molecule has 1 N–H and O–H groups in total. The lowest BCUT2D eigenvalue weighted by Crippen LogP contribution is -2.16. The van der Waals surface area contributed by atoms with Crippen molar-refractivity contribution >= 4 is 5.97 Å². The second kappa shape index (κ2) is 8.47. The van der Waals surface area contributed by atoms with E-state index in [0.29, 0.717) is 12.4 Å². The predicted octanol–water partition coefficient (Wildman–Crippen LogP) is 1.52. The van der Waals surface area contributed by atoms with Crippen molar-refractivity contribution in [2.75, 3.05) is 19.8 Å². The van der Waals surface area contributed by atoms with Gasteiger partial charge in [-0.1, -0.05) is 6.92 Å². The van der Waals surface area contributed by atoms with Crippen molar-refractivity contribution < 1.29 is 14.3 Å². The van der Waals surface area contributed by atoms with E-state index in [0.717, 1.165) is 25.2 Å². The highest BCUT2D eigenvalue weighted by atomic mass is 16.6. The number of nitrogens with zero attached hydrogens (tertiary/aromatic N) is 1. The molecular formula is C13H20N2O3. The van der Waals surface area contributed by atoms with E-state index in [-0.39, 0.29) is 12.6 Å². The zero-order valence-corrected chi connectivity index (χ0v) is 10.9. The highest BCUT2D eigenvalue weighted by Crippen LogP contribution is 2.09. The Labute approximate surface area is 108 Å². The highest BCUT2D eigenvalue weighted by molar-refractivity contribution is 5.71. The Morgan fingerprint density at radius 1 is 1.39 bits per heavy atom. The number of pyridine rings is 1. The van der Waals surface area contributed by atoms with Crippen LogP contribution in [0.3, 0.4) is 0 Å². The average Bonchev–Trinajstić information content (AvgIpc) is 2.38. The van der Waals surface area contributed by atoms with Gasteiger partial charge in [-0.25, -0.2) is 4.79 Å². The fourth-order valence-electron chi connectivity index (χ4n) is 1.34. The average molecular weight is 252 g/mol. The summed E-state index contributed by atoms with van der Waals surface area (Å²) in [5.41, 5.74) is 0.951. The molecule has 0 radical (unpaired) electrons. The van der Waals surface area contributed by atoms with Gasteiger partial charge in [0, 0.05) is 6.54 Å². The summed E-state index contributed by atoms with van der Waals surface area (Å²) in [6.07, 6.45) is 2.71. The number of hydrogen-bond donors (Lipinski definition) is 1. The van der Waals surface area contributed by atoms with E-state index in [1.807, 2.05) is 6.07 Å². The van der Waals surface area contributed by atoms with Crippen LogP contribution in [0, 0.1) is 0 Å². The SMILES string of the molecule is CCCNCc1ccc(OCC(=O)OCC)cn1. The summed E-state index contributed by atoms with van der Waals surface area (Å²) in [7, 11) is 0. The van der Waals surface area contributed by atoms with Crippen LogP contribution in [0.1, 0.15) is 26.0 Å². The Bertz CT molecular complexity index is 352. The number of rotatable bonds is 8. The largest absolute Gasteiger partial charge is 0.480 e. The molecule has 0 spiro atoms. The first-order valence-corrected chi connectivity index (χ1v) is 6.20. The minimum atomic E-state index is -0.369. The van der Waals surface area contributed by atoms with Crippen molar-refractivity contribution in [2.24, 2.45) is 0 Å². The molecule has 5 heteroatoms. The minimum Gasteiger partial charge on any atom is -0.480 e. The van der Waals surface area contributed by atoms with Gasteiger partial charge < -0.3 is 14.8 Å². The molecule has 0 atom stereocenters. The Morgan fingerprint density at radius 2 is 2.22 bits per heavy atom. The van der Waals surface area contributed by atoms with Crippen LogP contribution >= 0.6 is 0 Å². The molecule has 0 fully saturated rings. The van der Waals surface area contributed by atoms with Crippen LogP contribution in [0.25, 0.3) is 0 Å². The molecule has 1 aromatic rings. The first kappa shape index (κ1) is 14.4. The molecule has 0 saturated carbocycles. The molecule has 0 amide bonds. The molecule has 1 heterocycles. The molecule has 0 saturated heterocycles. The molecule has 1 rings (SSSR count). The lowest BCUT2D eigenvalue weighted by molar-refractivity contribution is -0.145. The zero-order chi connectivity index (χ0) is 13.2. The van der Waals surface area contributed by atoms with Gasteiger partial charge in [-0.05, 0) is 32.0 Å². The highest BCUT2D eigenvalue weighted by Gasteiger charge is 2.03. The quantitative estimate of drug-likeness (QED) is 0.561. The molecule has 0 bridgehead atoms. The van der Waals surface area contributed by atoms with E-state index in [1.165, 1.54) is 0 Å². The standard InChI is InChI=1S/C13H20N2O3/c1-3-7-14-8-11-5-6-12(9-15-11)18-10-13(16)17-4-2/h5-6,9,14H,3-4,7-8,10H2,1-2H3. The van der Waals surface area contributed by atoms with Crippen molar-refractivity contribution in [3.63, 3.8) is 0 Å². The summed E-state index contributed by atoms with van der Waals surface area (Å²) in [6.45, 7) is 5.88. The Balaban J connectivity index is 2.33. The predicted molar refractivity (Wildman–Crippen MR) is 68.4 cm³/mol. The summed E-state index contributed by atoms with van der Waals surface area (Å²) in [5.74, 6) is 0.202. The third kappa shape index (κ3) is 5.63. The molecule has 0 aliphatic heterocycles. The van der Waals surface area contributed by atoms with Gasteiger partial charge in [0.05, 0.1) is 18.5 Å². The Kier molecular flexibility index (Phi) is 6.79. The Morgan fingerprint density at radius 3 is 2.83 bits per heavy atom. The van der Waals surface area contributed by atoms with Gasteiger partial charge in [0.2, 0.25) is 0 Å². The number of carbonyl (C=O) groups excluding carboxylic acids is 1. The molecule has 5 nitrogen and oxygen atoms in total. The first-order valence-electron chi connectivity index (χ1n) is 6.20. The summed E-state index contributed by atoms with van der Waals surface area (Å²) in [4.78, 5) is 15.3. The van der Waals surface area contributed by atoms with Gasteiger partial charge in [0.25, 0.3) is 0 Å². The zero-order valence-electron chi connectivity index (χ0n) is 10.9. The van der Waals surface area contributed by atoms with E-state index in [4.69, 9.17) is 9.47 Å². The van der Waals surface area contributed by atoms with Crippen molar-refractivity contribution in [2.45, 2.75) is 26.8 Å². The van der Waals surface area contributed by atoms with Crippen LogP contribution in [0.5, 0.6) is 5.75 Å². The molecule has 18 heavy (non-hydrogen) atoms. The number of nitrogens with one attached hydrogen (secondary N) is 1. The van der Waals surface area contributed by atoms with E-state index >= 15 is 0 Å². The lowest BCUT2D eigenvalue weighted by atomic mass is 10.3. The summed E-state index contributed by atoms with van der Waals surface area (Å²) in [5, 5.41) is 3.26. The van der Waals surface area contributed by atoms with Gasteiger partial charge in [-0.3, -0.25) is 4.98 Å². The summed E-state index contributed by atoms with van der Waals surface area (Å²) < 4.78 is 10.0. The van der Waals surface area contributed by atoms with Crippen LogP contribution in [-0.4, -0.2) is 30.7 Å². The van der Waals surface area contributed by atoms with Crippen LogP contribution < -0.4 is 10.1 Å². The number of aromatic nitrogens is 1. The van der Waals surface area contributed by atoms with Crippen LogP contribution in [-0.2, 0) is 16.1 Å². The van der Waals surface area contributed by atoms with Crippen molar-refractivity contribution in [3.05, 3.63) is 24.0 Å². The Hall–Kier alpha value is -1.62. The summed E-state index contributed by atoms with van der Waals surface area (Å²) >= 11 is 0. The van der Waals surface area contributed by atoms with Gasteiger partial charge in [-0.15, -0.1) is 0 Å². The number of carbonyl (C=O) groups is 1. The van der Waals surface area contributed by atoms with Crippen LogP contribution in [0.2, 0.25) is 0 Å². The molecule has 0 aliphatic carbocycles. The second-order valence-corrected chi connectivity index (χ2v) is 3.76. The minimum absolute atomic E-state index is 0.0804. The smallest absolute Gasteiger partial charge is 0.344 e. The first-order chi connectivity index (χ1) is 8.76. The van der Waals surface area contributed by atoms with Gasteiger partial charge in [0.1, 0.15) is 5.75 Å². The fourth-order valence-corrected chi connectivity index (χ4v) is 1.34. The maximum absolute atomic E-state index is 11.1. The van der Waals surface area contributed by atoms with Gasteiger partial charge in [0.15, 0.2) is 6.61 Å².